The number of nitrogens with zero attached hydrogens (tertiary/aromatic N) is 4. The molecule has 3 N–H and O–H groups in total. The van der Waals surface area contributed by atoms with Crippen molar-refractivity contribution in [2.45, 2.75) is 6.92 Å². The summed E-state index contributed by atoms with van der Waals surface area (Å²) < 4.78 is 13.5. The van der Waals surface area contributed by atoms with Crippen LogP contribution in [-0.2, 0) is 9.59 Å². The zero-order valence-electron chi connectivity index (χ0n) is 18.4. The lowest BCUT2D eigenvalue weighted by Gasteiger charge is -2.27. The first kappa shape index (κ1) is 23.1. The Balaban J connectivity index is 2.05. The van der Waals surface area contributed by atoms with Crippen molar-refractivity contribution in [1.82, 2.24) is 14.8 Å². The predicted octanol–water partition coefficient (Wildman–Crippen LogP) is 1.85. The standard InChI is InChI=1S/C23H27FN6O2/c1-15(31)30-11-10-26-19(13-30)22(23(25)16-4-6-18(24)7-5-16)17-8-9-27-20(12-17)28-21(32)14-29(2)3/h4-9,12H,10-11,13-14,25H2,1-3H3,(H,27,28,32). The number of halogens is 1. The second kappa shape index (κ2) is 10.1. The molecule has 32 heavy (non-hydrogen) atoms. The van der Waals surface area contributed by atoms with E-state index in [-0.39, 0.29) is 24.2 Å². The fraction of sp³-hybridized carbons (Fsp3) is 0.304. The molecule has 168 valence electrons. The van der Waals surface area contributed by atoms with Gasteiger partial charge in [0, 0.05) is 30.9 Å². The largest absolute Gasteiger partial charge is 0.398 e. The molecular weight excluding hydrogens is 411 g/mol. The smallest absolute Gasteiger partial charge is 0.239 e. The van der Waals surface area contributed by atoms with E-state index in [0.717, 1.165) is 0 Å². The van der Waals surface area contributed by atoms with E-state index >= 15 is 0 Å². The van der Waals surface area contributed by atoms with Crippen molar-refractivity contribution >= 4 is 34.6 Å². The number of carbonyl (C=O) groups excluding carboxylic acids is 2. The van der Waals surface area contributed by atoms with Gasteiger partial charge in [-0.2, -0.15) is 0 Å². The van der Waals surface area contributed by atoms with Gasteiger partial charge in [0.25, 0.3) is 0 Å². The van der Waals surface area contributed by atoms with Gasteiger partial charge in [-0.1, -0.05) is 0 Å². The van der Waals surface area contributed by atoms with E-state index in [1.807, 2.05) is 0 Å². The molecule has 0 saturated heterocycles. The van der Waals surface area contributed by atoms with Crippen molar-refractivity contribution in [3.8, 4) is 0 Å². The van der Waals surface area contributed by atoms with Crippen molar-refractivity contribution in [3.05, 3.63) is 59.5 Å². The normalized spacial score (nSPS) is 14.7. The van der Waals surface area contributed by atoms with Crippen molar-refractivity contribution < 1.29 is 14.0 Å². The first-order valence-electron chi connectivity index (χ1n) is 10.2. The zero-order valence-corrected chi connectivity index (χ0v) is 18.4. The Morgan fingerprint density at radius 1 is 1.19 bits per heavy atom. The fourth-order valence-electron chi connectivity index (χ4n) is 3.42. The van der Waals surface area contributed by atoms with Crippen LogP contribution in [0.15, 0.2) is 47.6 Å². The van der Waals surface area contributed by atoms with Gasteiger partial charge < -0.3 is 20.9 Å². The number of likely N-dealkylation sites (N-methyl/N-ethyl adjacent to an activating group) is 1. The molecule has 0 spiro atoms. The maximum absolute atomic E-state index is 13.5. The molecule has 0 unspecified atom stereocenters. The van der Waals surface area contributed by atoms with Crippen LogP contribution >= 0.6 is 0 Å². The van der Waals surface area contributed by atoms with E-state index in [1.165, 1.54) is 19.1 Å². The number of carbonyl (C=O) groups is 2. The second-order valence-electron chi connectivity index (χ2n) is 7.78. The van der Waals surface area contributed by atoms with Gasteiger partial charge in [0.05, 0.1) is 25.3 Å². The third kappa shape index (κ3) is 5.76. The topological polar surface area (TPSA) is 104 Å². The average molecular weight is 439 g/mol. The minimum Gasteiger partial charge on any atom is -0.398 e. The van der Waals surface area contributed by atoms with Gasteiger partial charge in [-0.3, -0.25) is 14.6 Å². The minimum atomic E-state index is -0.365. The monoisotopic (exact) mass is 438 g/mol. The average Bonchev–Trinajstić information content (AvgIpc) is 2.74. The molecule has 8 nitrogen and oxygen atoms in total. The van der Waals surface area contributed by atoms with Gasteiger partial charge in [0.15, 0.2) is 0 Å². The molecule has 2 amide bonds. The number of anilines is 1. The molecule has 0 aliphatic carbocycles. The number of nitrogens with two attached hydrogens (primary N) is 1. The van der Waals surface area contributed by atoms with Gasteiger partial charge in [-0.15, -0.1) is 0 Å². The Bertz CT molecular complexity index is 1060. The molecule has 1 aromatic carbocycles. The molecule has 2 aromatic rings. The summed E-state index contributed by atoms with van der Waals surface area (Å²) in [6, 6.07) is 9.35. The molecule has 1 aliphatic heterocycles. The van der Waals surface area contributed by atoms with Crippen molar-refractivity contribution in [2.24, 2.45) is 10.7 Å². The van der Waals surface area contributed by atoms with E-state index in [4.69, 9.17) is 5.73 Å². The summed E-state index contributed by atoms with van der Waals surface area (Å²) in [5.41, 5.74) is 9.52. The van der Waals surface area contributed by atoms with Crippen molar-refractivity contribution in [2.75, 3.05) is 45.6 Å². The van der Waals surface area contributed by atoms with Gasteiger partial charge in [-0.25, -0.2) is 9.37 Å². The van der Waals surface area contributed by atoms with Crippen LogP contribution in [0.1, 0.15) is 18.1 Å². The fourth-order valence-corrected chi connectivity index (χ4v) is 3.42. The molecule has 2 heterocycles. The predicted molar refractivity (Wildman–Crippen MR) is 123 cm³/mol. The SMILES string of the molecule is CC(=O)N1CCN=C(C(=C(N)c2ccc(F)cc2)c2ccnc(NC(=O)CN(C)C)c2)C1. The number of rotatable bonds is 6. The molecule has 3 rings (SSSR count). The second-order valence-corrected chi connectivity index (χ2v) is 7.78. The molecule has 0 radical (unpaired) electrons. The Hall–Kier alpha value is -3.59. The summed E-state index contributed by atoms with van der Waals surface area (Å²) in [6.07, 6.45) is 1.57. The number of hydrogen-bond acceptors (Lipinski definition) is 6. The molecule has 0 bridgehead atoms. The van der Waals surface area contributed by atoms with Crippen molar-refractivity contribution in [3.63, 3.8) is 0 Å². The summed E-state index contributed by atoms with van der Waals surface area (Å²) in [5.74, 6) is -0.243. The van der Waals surface area contributed by atoms with Gasteiger partial charge in [0.2, 0.25) is 11.8 Å². The summed E-state index contributed by atoms with van der Waals surface area (Å²) in [7, 11) is 3.60. The number of amides is 2. The number of aromatic nitrogens is 1. The Morgan fingerprint density at radius 2 is 1.91 bits per heavy atom. The Morgan fingerprint density at radius 3 is 2.56 bits per heavy atom. The molecule has 0 saturated carbocycles. The highest BCUT2D eigenvalue weighted by atomic mass is 19.1. The number of hydrogen-bond donors (Lipinski definition) is 2. The van der Waals surface area contributed by atoms with Crippen LogP contribution in [0.25, 0.3) is 11.3 Å². The maximum atomic E-state index is 13.5. The van der Waals surface area contributed by atoms with Crippen LogP contribution in [0.5, 0.6) is 0 Å². The Labute approximate surface area is 186 Å². The van der Waals surface area contributed by atoms with E-state index in [1.54, 1.807) is 54.4 Å². The molecule has 0 atom stereocenters. The lowest BCUT2D eigenvalue weighted by Crippen LogP contribution is -2.40. The zero-order chi connectivity index (χ0) is 23.3. The summed E-state index contributed by atoms with van der Waals surface area (Å²) in [4.78, 5) is 36.5. The van der Waals surface area contributed by atoms with Crippen LogP contribution in [0, 0.1) is 5.82 Å². The molecule has 9 heteroatoms. The highest BCUT2D eigenvalue weighted by Gasteiger charge is 2.23. The van der Waals surface area contributed by atoms with E-state index in [0.29, 0.717) is 53.6 Å². The summed E-state index contributed by atoms with van der Waals surface area (Å²) in [6.45, 7) is 3.02. The molecule has 1 aliphatic rings. The number of pyridine rings is 1. The molecule has 0 fully saturated rings. The summed E-state index contributed by atoms with van der Waals surface area (Å²) in [5, 5.41) is 2.78. The molecule has 1 aromatic heterocycles. The van der Waals surface area contributed by atoms with Crippen LogP contribution in [-0.4, -0.2) is 72.6 Å². The third-order valence-corrected chi connectivity index (χ3v) is 4.95. The third-order valence-electron chi connectivity index (χ3n) is 4.95. The first-order valence-corrected chi connectivity index (χ1v) is 10.2. The first-order chi connectivity index (χ1) is 15.2. The highest BCUT2D eigenvalue weighted by Crippen LogP contribution is 2.27. The maximum Gasteiger partial charge on any atom is 0.239 e. The number of nitrogens with one attached hydrogen (secondary N) is 1. The highest BCUT2D eigenvalue weighted by molar-refractivity contribution is 6.31. The lowest BCUT2D eigenvalue weighted by molar-refractivity contribution is -0.128. The van der Waals surface area contributed by atoms with E-state index in [2.05, 4.69) is 15.3 Å². The quantitative estimate of drug-likeness (QED) is 0.716. The number of benzene rings is 1. The Kier molecular flexibility index (Phi) is 7.32. The van der Waals surface area contributed by atoms with Gasteiger partial charge in [-0.05, 0) is 61.6 Å². The van der Waals surface area contributed by atoms with Gasteiger partial charge in [0.1, 0.15) is 11.6 Å². The summed E-state index contributed by atoms with van der Waals surface area (Å²) >= 11 is 0. The van der Waals surface area contributed by atoms with E-state index in [9.17, 15) is 14.0 Å². The number of aliphatic imine (C=N–C) groups is 1. The van der Waals surface area contributed by atoms with Crippen LogP contribution < -0.4 is 11.1 Å². The van der Waals surface area contributed by atoms with Gasteiger partial charge >= 0.3 is 0 Å². The molecular formula is C23H27FN6O2. The van der Waals surface area contributed by atoms with Crippen molar-refractivity contribution in [1.29, 1.82) is 0 Å². The van der Waals surface area contributed by atoms with Crippen LogP contribution in [0.2, 0.25) is 0 Å². The minimum absolute atomic E-state index is 0.0523. The van der Waals surface area contributed by atoms with E-state index < -0.39 is 0 Å². The lowest BCUT2D eigenvalue weighted by atomic mass is 9.95. The van der Waals surface area contributed by atoms with Crippen LogP contribution in [0.4, 0.5) is 10.2 Å². The van der Waals surface area contributed by atoms with Crippen LogP contribution in [0.3, 0.4) is 0 Å².